The lowest BCUT2D eigenvalue weighted by atomic mass is 10.2. The number of rotatable bonds is 5. The summed E-state index contributed by atoms with van der Waals surface area (Å²) in [7, 11) is 0. The van der Waals surface area contributed by atoms with E-state index in [1.807, 2.05) is 36.4 Å². The first-order valence-corrected chi connectivity index (χ1v) is 6.04. The third-order valence-corrected chi connectivity index (χ3v) is 2.57. The maximum Gasteiger partial charge on any atom is 0.150 e. The quantitative estimate of drug-likeness (QED) is 0.632. The second-order valence-electron chi connectivity index (χ2n) is 4.14. The van der Waals surface area contributed by atoms with Gasteiger partial charge in [0.1, 0.15) is 5.82 Å². The van der Waals surface area contributed by atoms with E-state index in [1.54, 1.807) is 6.08 Å². The van der Waals surface area contributed by atoms with Crippen LogP contribution < -0.4 is 10.9 Å². The van der Waals surface area contributed by atoms with Crippen molar-refractivity contribution in [2.75, 3.05) is 5.43 Å². The Morgan fingerprint density at radius 1 is 1.05 bits per heavy atom. The number of hydrogen-bond acceptors (Lipinski definition) is 2. The molecule has 0 bridgehead atoms. The molecular weight excluding hydrogens is 258 g/mol. The fraction of sp³-hybridized carbons (Fsp3) is 0. The van der Waals surface area contributed by atoms with Crippen molar-refractivity contribution >= 4 is 11.8 Å². The molecule has 102 valence electrons. The zero-order chi connectivity index (χ0) is 14.4. The number of halogens is 2. The summed E-state index contributed by atoms with van der Waals surface area (Å²) in [4.78, 5) is 0. The van der Waals surface area contributed by atoms with Gasteiger partial charge in [-0.3, -0.25) is 5.43 Å². The van der Waals surface area contributed by atoms with Crippen molar-refractivity contribution in [3.05, 3.63) is 84.1 Å². The van der Waals surface area contributed by atoms with Gasteiger partial charge in [0.2, 0.25) is 0 Å². The van der Waals surface area contributed by atoms with E-state index in [2.05, 4.69) is 17.4 Å². The molecule has 0 heterocycles. The van der Waals surface area contributed by atoms with E-state index >= 15 is 0 Å². The van der Waals surface area contributed by atoms with E-state index in [0.29, 0.717) is 5.70 Å². The maximum absolute atomic E-state index is 13.4. The Kier molecular flexibility index (Phi) is 4.50. The number of benzene rings is 2. The van der Waals surface area contributed by atoms with Gasteiger partial charge in [0, 0.05) is 11.8 Å². The van der Waals surface area contributed by atoms with Gasteiger partial charge in [-0.05, 0) is 23.8 Å². The van der Waals surface area contributed by atoms with Gasteiger partial charge in [0.05, 0.1) is 5.69 Å². The average molecular weight is 272 g/mol. The fourth-order valence-corrected chi connectivity index (χ4v) is 1.54. The Morgan fingerprint density at radius 2 is 1.80 bits per heavy atom. The summed E-state index contributed by atoms with van der Waals surface area (Å²) in [5, 5.41) is 0. The van der Waals surface area contributed by atoms with Crippen molar-refractivity contribution in [1.29, 1.82) is 0 Å². The van der Waals surface area contributed by atoms with Gasteiger partial charge in [0.25, 0.3) is 0 Å². The first-order valence-electron chi connectivity index (χ1n) is 6.04. The summed E-state index contributed by atoms with van der Waals surface area (Å²) >= 11 is 0. The zero-order valence-electron chi connectivity index (χ0n) is 10.7. The predicted octanol–water partition coefficient (Wildman–Crippen LogP) is 4.11. The molecule has 0 aliphatic heterocycles. The summed E-state index contributed by atoms with van der Waals surface area (Å²) in [5.74, 6) is -1.28. The van der Waals surface area contributed by atoms with Crippen molar-refractivity contribution in [2.24, 2.45) is 0 Å². The van der Waals surface area contributed by atoms with Crippen molar-refractivity contribution in [1.82, 2.24) is 5.43 Å². The van der Waals surface area contributed by atoms with Crippen LogP contribution >= 0.6 is 0 Å². The highest BCUT2D eigenvalue weighted by atomic mass is 19.1. The van der Waals surface area contributed by atoms with Crippen LogP contribution in [0.2, 0.25) is 0 Å². The molecule has 2 aromatic carbocycles. The molecule has 0 aliphatic rings. The zero-order valence-corrected chi connectivity index (χ0v) is 10.7. The second-order valence-corrected chi connectivity index (χ2v) is 4.14. The minimum Gasteiger partial charge on any atom is -0.301 e. The highest BCUT2D eigenvalue weighted by Crippen LogP contribution is 2.14. The predicted molar refractivity (Wildman–Crippen MR) is 77.7 cm³/mol. The summed E-state index contributed by atoms with van der Waals surface area (Å²) in [6, 6.07) is 13.0. The first kappa shape index (κ1) is 13.8. The molecule has 2 nitrogen and oxygen atoms in total. The summed E-state index contributed by atoms with van der Waals surface area (Å²) in [6.07, 6.45) is 3.63. The minimum absolute atomic E-state index is 0.153. The molecule has 0 amide bonds. The fourth-order valence-electron chi connectivity index (χ4n) is 1.54. The molecular formula is C16H14F2N2. The van der Waals surface area contributed by atoms with Gasteiger partial charge >= 0.3 is 0 Å². The molecule has 0 unspecified atom stereocenters. The Balaban J connectivity index is 1.91. The van der Waals surface area contributed by atoms with E-state index in [-0.39, 0.29) is 5.69 Å². The summed E-state index contributed by atoms with van der Waals surface area (Å²) < 4.78 is 26.1. The Labute approximate surface area is 116 Å². The lowest BCUT2D eigenvalue weighted by Gasteiger charge is -2.10. The number of allylic oxidation sites excluding steroid dienone is 1. The van der Waals surface area contributed by atoms with Gasteiger partial charge in [-0.2, -0.15) is 0 Å². The van der Waals surface area contributed by atoms with Crippen LogP contribution in [0, 0.1) is 11.6 Å². The molecule has 2 rings (SSSR count). The van der Waals surface area contributed by atoms with E-state index in [4.69, 9.17) is 0 Å². The smallest absolute Gasteiger partial charge is 0.150 e. The second kappa shape index (κ2) is 6.52. The average Bonchev–Trinajstić information content (AvgIpc) is 2.45. The molecule has 4 heteroatoms. The van der Waals surface area contributed by atoms with Gasteiger partial charge < -0.3 is 5.43 Å². The third kappa shape index (κ3) is 3.95. The number of anilines is 1. The lowest BCUT2D eigenvalue weighted by Crippen LogP contribution is -2.19. The van der Waals surface area contributed by atoms with Gasteiger partial charge in [-0.25, -0.2) is 8.78 Å². The standard InChI is InChI=1S/C16H14F2N2/c1-12(7-8-13-5-3-2-4-6-13)19-20-16-10-9-14(17)11-15(16)18/h2-11,19-20H,1H2/b8-7+. The SMILES string of the molecule is C=C(/C=C/c1ccccc1)NNc1ccc(F)cc1F. The Hall–Kier alpha value is -2.62. The normalized spacial score (nSPS) is 10.5. The van der Waals surface area contributed by atoms with Crippen molar-refractivity contribution in [3.63, 3.8) is 0 Å². The van der Waals surface area contributed by atoms with Crippen molar-refractivity contribution in [3.8, 4) is 0 Å². The highest BCUT2D eigenvalue weighted by molar-refractivity contribution is 5.52. The Morgan fingerprint density at radius 3 is 2.50 bits per heavy atom. The van der Waals surface area contributed by atoms with E-state index in [9.17, 15) is 8.78 Å². The van der Waals surface area contributed by atoms with Crippen molar-refractivity contribution < 1.29 is 8.78 Å². The topological polar surface area (TPSA) is 24.1 Å². The van der Waals surface area contributed by atoms with Gasteiger partial charge in [-0.15, -0.1) is 0 Å². The largest absolute Gasteiger partial charge is 0.301 e. The minimum atomic E-state index is -0.669. The van der Waals surface area contributed by atoms with Crippen LogP contribution in [0.25, 0.3) is 6.08 Å². The lowest BCUT2D eigenvalue weighted by molar-refractivity contribution is 0.584. The molecule has 2 N–H and O–H groups in total. The van der Waals surface area contributed by atoms with Crippen LogP contribution in [0.5, 0.6) is 0 Å². The van der Waals surface area contributed by atoms with Crippen molar-refractivity contribution in [2.45, 2.75) is 0 Å². The van der Waals surface area contributed by atoms with Crippen LogP contribution in [0.3, 0.4) is 0 Å². The molecule has 0 saturated heterocycles. The van der Waals surface area contributed by atoms with Crippen LogP contribution in [-0.2, 0) is 0 Å². The Bertz CT molecular complexity index is 622. The third-order valence-electron chi connectivity index (χ3n) is 2.57. The first-order chi connectivity index (χ1) is 9.65. The molecule has 0 fully saturated rings. The van der Waals surface area contributed by atoms with Crippen LogP contribution in [0.15, 0.2) is 66.9 Å². The van der Waals surface area contributed by atoms with E-state index in [0.717, 1.165) is 11.6 Å². The molecule has 0 aliphatic carbocycles. The molecule has 2 aromatic rings. The van der Waals surface area contributed by atoms with Crippen LogP contribution in [0.1, 0.15) is 5.56 Å². The molecule has 0 radical (unpaired) electrons. The van der Waals surface area contributed by atoms with E-state index in [1.165, 1.54) is 12.1 Å². The maximum atomic E-state index is 13.4. The molecule has 0 spiro atoms. The molecule has 0 aromatic heterocycles. The molecule has 0 atom stereocenters. The van der Waals surface area contributed by atoms with Gasteiger partial charge in [-0.1, -0.05) is 43.0 Å². The molecule has 20 heavy (non-hydrogen) atoms. The number of nitrogens with one attached hydrogen (secondary N) is 2. The highest BCUT2D eigenvalue weighted by Gasteiger charge is 2.02. The van der Waals surface area contributed by atoms with Crippen LogP contribution in [0.4, 0.5) is 14.5 Å². The van der Waals surface area contributed by atoms with Gasteiger partial charge in [0.15, 0.2) is 5.82 Å². The number of hydrogen-bond donors (Lipinski definition) is 2. The monoisotopic (exact) mass is 272 g/mol. The summed E-state index contributed by atoms with van der Waals surface area (Å²) in [6.45, 7) is 3.78. The molecule has 0 saturated carbocycles. The number of hydrazine groups is 1. The van der Waals surface area contributed by atoms with Crippen LogP contribution in [-0.4, -0.2) is 0 Å². The summed E-state index contributed by atoms with van der Waals surface area (Å²) in [5.41, 5.74) is 7.11. The van der Waals surface area contributed by atoms with E-state index < -0.39 is 11.6 Å².